The molecule has 0 unspecified atom stereocenters. The first kappa shape index (κ1) is 11.0. The van der Waals surface area contributed by atoms with Crippen LogP contribution in [0.2, 0.25) is 0 Å². The summed E-state index contributed by atoms with van der Waals surface area (Å²) in [5.41, 5.74) is -0.344. The lowest BCUT2D eigenvalue weighted by molar-refractivity contribution is -0.143. The highest BCUT2D eigenvalue weighted by atomic mass is 16.4. The monoisotopic (exact) mass is 199 g/mol. The van der Waals surface area contributed by atoms with Gasteiger partial charge in [0, 0.05) is 5.41 Å². The maximum absolute atomic E-state index is 11.7. The van der Waals surface area contributed by atoms with Crippen molar-refractivity contribution in [2.45, 2.75) is 45.6 Å². The molecular formula is C10H17NO3. The van der Waals surface area contributed by atoms with Gasteiger partial charge in [0.2, 0.25) is 5.91 Å². The van der Waals surface area contributed by atoms with E-state index in [1.165, 1.54) is 6.92 Å². The Hall–Kier alpha value is -1.06. The van der Waals surface area contributed by atoms with Gasteiger partial charge in [0.25, 0.3) is 0 Å². The topological polar surface area (TPSA) is 66.4 Å². The molecule has 0 bridgehead atoms. The van der Waals surface area contributed by atoms with E-state index in [1.807, 2.05) is 6.92 Å². The number of aliphatic carboxylic acids is 1. The van der Waals surface area contributed by atoms with Crippen molar-refractivity contribution in [2.24, 2.45) is 5.41 Å². The van der Waals surface area contributed by atoms with Crippen molar-refractivity contribution in [1.82, 2.24) is 5.32 Å². The molecule has 1 aliphatic rings. The van der Waals surface area contributed by atoms with Crippen LogP contribution < -0.4 is 5.32 Å². The standard InChI is InChI=1S/C10H17NO3/c1-7(8(12)13)11-9(14)10(2)5-3-4-6-10/h7H,3-6H2,1-2H3,(H,11,14)(H,12,13)/t7-/m1/s1. The number of carboxylic acid groups (broad SMARTS) is 1. The minimum absolute atomic E-state index is 0.120. The van der Waals surface area contributed by atoms with E-state index in [9.17, 15) is 9.59 Å². The van der Waals surface area contributed by atoms with Crippen LogP contribution in [0, 0.1) is 5.41 Å². The molecule has 0 aromatic carbocycles. The third-order valence-electron chi connectivity index (χ3n) is 2.97. The fraction of sp³-hybridized carbons (Fsp3) is 0.800. The van der Waals surface area contributed by atoms with Crippen molar-refractivity contribution >= 4 is 11.9 Å². The zero-order chi connectivity index (χ0) is 10.8. The zero-order valence-corrected chi connectivity index (χ0v) is 8.67. The van der Waals surface area contributed by atoms with Crippen molar-refractivity contribution in [3.05, 3.63) is 0 Å². The van der Waals surface area contributed by atoms with Crippen molar-refractivity contribution in [3.8, 4) is 0 Å². The van der Waals surface area contributed by atoms with Crippen molar-refractivity contribution in [1.29, 1.82) is 0 Å². The molecule has 4 heteroatoms. The van der Waals surface area contributed by atoms with Crippen LogP contribution in [0.5, 0.6) is 0 Å². The maximum Gasteiger partial charge on any atom is 0.325 e. The highest BCUT2D eigenvalue weighted by Crippen LogP contribution is 2.37. The molecule has 0 radical (unpaired) electrons. The Morgan fingerprint density at radius 3 is 2.29 bits per heavy atom. The summed E-state index contributed by atoms with van der Waals surface area (Å²) < 4.78 is 0. The molecule has 0 aromatic rings. The normalized spacial score (nSPS) is 21.6. The van der Waals surface area contributed by atoms with Crippen LogP contribution in [0.3, 0.4) is 0 Å². The molecule has 0 heterocycles. The van der Waals surface area contributed by atoms with Gasteiger partial charge in [-0.25, -0.2) is 0 Å². The van der Waals surface area contributed by atoms with Crippen LogP contribution in [0.15, 0.2) is 0 Å². The predicted molar refractivity (Wildman–Crippen MR) is 51.8 cm³/mol. The molecule has 0 aromatic heterocycles. The largest absolute Gasteiger partial charge is 0.480 e. The van der Waals surface area contributed by atoms with Crippen LogP contribution in [0.25, 0.3) is 0 Å². The molecule has 1 atom stereocenters. The number of amides is 1. The van der Waals surface area contributed by atoms with E-state index in [0.29, 0.717) is 0 Å². The van der Waals surface area contributed by atoms with Gasteiger partial charge in [-0.15, -0.1) is 0 Å². The van der Waals surface area contributed by atoms with Crippen molar-refractivity contribution in [2.75, 3.05) is 0 Å². The second-order valence-corrected chi connectivity index (χ2v) is 4.30. The van der Waals surface area contributed by atoms with Gasteiger partial charge in [0.1, 0.15) is 6.04 Å². The number of hydrogen-bond acceptors (Lipinski definition) is 2. The Bertz CT molecular complexity index is 244. The molecule has 0 saturated heterocycles. The van der Waals surface area contributed by atoms with Crippen LogP contribution in [-0.2, 0) is 9.59 Å². The smallest absolute Gasteiger partial charge is 0.325 e. The molecule has 1 amide bonds. The van der Waals surface area contributed by atoms with Crippen LogP contribution >= 0.6 is 0 Å². The maximum atomic E-state index is 11.7. The summed E-state index contributed by atoms with van der Waals surface area (Å²) in [4.78, 5) is 22.2. The summed E-state index contributed by atoms with van der Waals surface area (Å²) in [6.07, 6.45) is 3.85. The lowest BCUT2D eigenvalue weighted by Crippen LogP contribution is -2.45. The highest BCUT2D eigenvalue weighted by molar-refractivity contribution is 5.87. The molecule has 1 saturated carbocycles. The minimum atomic E-state index is -0.986. The van der Waals surface area contributed by atoms with E-state index in [1.54, 1.807) is 0 Å². The Labute approximate surface area is 83.7 Å². The fourth-order valence-corrected chi connectivity index (χ4v) is 1.82. The number of rotatable bonds is 3. The molecular weight excluding hydrogens is 182 g/mol. The summed E-state index contributed by atoms with van der Waals surface area (Å²) >= 11 is 0. The lowest BCUT2D eigenvalue weighted by Gasteiger charge is -2.23. The second kappa shape index (κ2) is 3.98. The number of carboxylic acids is 1. The fourth-order valence-electron chi connectivity index (χ4n) is 1.82. The average Bonchev–Trinajstić information content (AvgIpc) is 2.53. The zero-order valence-electron chi connectivity index (χ0n) is 8.67. The molecule has 14 heavy (non-hydrogen) atoms. The first-order valence-corrected chi connectivity index (χ1v) is 4.99. The van der Waals surface area contributed by atoms with Gasteiger partial charge < -0.3 is 10.4 Å². The summed E-state index contributed by atoms with van der Waals surface area (Å²) in [6, 6.07) is -0.792. The van der Waals surface area contributed by atoms with Crippen molar-refractivity contribution in [3.63, 3.8) is 0 Å². The van der Waals surface area contributed by atoms with Crippen molar-refractivity contribution < 1.29 is 14.7 Å². The molecule has 80 valence electrons. The third kappa shape index (κ3) is 2.25. The number of hydrogen-bond donors (Lipinski definition) is 2. The quantitative estimate of drug-likeness (QED) is 0.716. The number of carbonyl (C=O) groups excluding carboxylic acids is 1. The third-order valence-corrected chi connectivity index (χ3v) is 2.97. The van der Waals surface area contributed by atoms with E-state index in [2.05, 4.69) is 5.32 Å². The van der Waals surface area contributed by atoms with Gasteiger partial charge in [-0.05, 0) is 19.8 Å². The van der Waals surface area contributed by atoms with E-state index in [4.69, 9.17) is 5.11 Å². The molecule has 1 rings (SSSR count). The van der Waals surface area contributed by atoms with Gasteiger partial charge in [-0.1, -0.05) is 19.8 Å². The average molecular weight is 199 g/mol. The Kier molecular flexibility index (Phi) is 3.13. The Morgan fingerprint density at radius 2 is 1.86 bits per heavy atom. The van der Waals surface area contributed by atoms with E-state index < -0.39 is 12.0 Å². The highest BCUT2D eigenvalue weighted by Gasteiger charge is 2.37. The summed E-state index contributed by atoms with van der Waals surface area (Å²) in [5, 5.41) is 11.2. The molecule has 2 N–H and O–H groups in total. The summed E-state index contributed by atoms with van der Waals surface area (Å²) in [6.45, 7) is 3.39. The molecule has 1 fully saturated rings. The van der Waals surface area contributed by atoms with Crippen LogP contribution in [-0.4, -0.2) is 23.0 Å². The van der Waals surface area contributed by atoms with Gasteiger partial charge in [-0.3, -0.25) is 9.59 Å². The molecule has 1 aliphatic carbocycles. The number of carbonyl (C=O) groups is 2. The molecule has 0 spiro atoms. The van der Waals surface area contributed by atoms with Gasteiger partial charge in [0.15, 0.2) is 0 Å². The predicted octanol–water partition coefficient (Wildman–Crippen LogP) is 1.16. The van der Waals surface area contributed by atoms with Gasteiger partial charge in [0.05, 0.1) is 0 Å². The van der Waals surface area contributed by atoms with Crippen LogP contribution in [0.4, 0.5) is 0 Å². The Balaban J connectivity index is 2.53. The lowest BCUT2D eigenvalue weighted by atomic mass is 9.87. The second-order valence-electron chi connectivity index (χ2n) is 4.30. The Morgan fingerprint density at radius 1 is 1.36 bits per heavy atom. The minimum Gasteiger partial charge on any atom is -0.480 e. The molecule has 4 nitrogen and oxygen atoms in total. The summed E-state index contributed by atoms with van der Waals surface area (Å²) in [7, 11) is 0. The van der Waals surface area contributed by atoms with Gasteiger partial charge >= 0.3 is 5.97 Å². The SMILES string of the molecule is C[C@@H](NC(=O)C1(C)CCCC1)C(=O)O. The van der Waals surface area contributed by atoms with Crippen LogP contribution in [0.1, 0.15) is 39.5 Å². The van der Waals surface area contributed by atoms with E-state index in [0.717, 1.165) is 25.7 Å². The first-order valence-electron chi connectivity index (χ1n) is 4.99. The first-order chi connectivity index (χ1) is 6.46. The van der Waals surface area contributed by atoms with E-state index in [-0.39, 0.29) is 11.3 Å². The number of nitrogens with one attached hydrogen (secondary N) is 1. The summed E-state index contributed by atoms with van der Waals surface area (Å²) in [5.74, 6) is -1.11. The van der Waals surface area contributed by atoms with Gasteiger partial charge in [-0.2, -0.15) is 0 Å². The van der Waals surface area contributed by atoms with E-state index >= 15 is 0 Å². The molecule has 0 aliphatic heterocycles.